The van der Waals surface area contributed by atoms with Crippen molar-refractivity contribution < 1.29 is 19.3 Å². The highest BCUT2D eigenvalue weighted by molar-refractivity contribution is 6.05. The molecule has 11 heteroatoms. The van der Waals surface area contributed by atoms with E-state index in [1.165, 1.54) is 11.0 Å². The van der Waals surface area contributed by atoms with Crippen molar-refractivity contribution in [3.8, 4) is 0 Å². The van der Waals surface area contributed by atoms with Gasteiger partial charge in [0.1, 0.15) is 0 Å². The van der Waals surface area contributed by atoms with E-state index < -0.39 is 16.3 Å². The number of benzene rings is 2. The fourth-order valence-electron chi connectivity index (χ4n) is 4.04. The first-order valence-corrected chi connectivity index (χ1v) is 10.7. The van der Waals surface area contributed by atoms with Crippen LogP contribution in [-0.4, -0.2) is 37.4 Å². The summed E-state index contributed by atoms with van der Waals surface area (Å²) in [6, 6.07) is 13.9. The Kier molecular flexibility index (Phi) is 6.17. The molecule has 1 atom stereocenters. The Bertz CT molecular complexity index is 1250. The first-order chi connectivity index (χ1) is 16.3. The SMILES string of the molecule is CCC1(c2ccc(NC(=O)c3ccc(Cn4cnc([N+](=O)[O-])n4)cc3)cc2)CCC(=O)NC1=O. The summed E-state index contributed by atoms with van der Waals surface area (Å²) in [7, 11) is 0. The minimum Gasteiger partial charge on any atom is -0.390 e. The Morgan fingerprint density at radius 3 is 2.47 bits per heavy atom. The molecule has 2 N–H and O–H groups in total. The van der Waals surface area contributed by atoms with Gasteiger partial charge in [0.05, 0.1) is 12.0 Å². The van der Waals surface area contributed by atoms with Crippen LogP contribution in [0.3, 0.4) is 0 Å². The minimum atomic E-state index is -0.753. The van der Waals surface area contributed by atoms with E-state index in [-0.39, 0.29) is 24.3 Å². The van der Waals surface area contributed by atoms with Gasteiger partial charge in [-0.15, -0.1) is 0 Å². The number of imide groups is 1. The van der Waals surface area contributed by atoms with Crippen molar-refractivity contribution in [2.45, 2.75) is 38.1 Å². The molecule has 3 amide bonds. The van der Waals surface area contributed by atoms with Crippen LogP contribution in [0, 0.1) is 10.1 Å². The molecule has 2 heterocycles. The van der Waals surface area contributed by atoms with Gasteiger partial charge in [0, 0.05) is 22.8 Å². The maximum Gasteiger partial charge on any atom is 0.490 e. The summed E-state index contributed by atoms with van der Waals surface area (Å²) >= 11 is 0. The molecule has 1 aliphatic rings. The lowest BCUT2D eigenvalue weighted by Gasteiger charge is -2.35. The van der Waals surface area contributed by atoms with Crippen molar-refractivity contribution in [2.24, 2.45) is 0 Å². The number of carbonyl (C=O) groups excluding carboxylic acids is 3. The number of nitrogens with one attached hydrogen (secondary N) is 2. The average molecular weight is 462 g/mol. The Balaban J connectivity index is 1.41. The maximum atomic E-state index is 12.6. The molecular formula is C23H22N6O5. The molecule has 1 aromatic heterocycles. The average Bonchev–Trinajstić information content (AvgIpc) is 3.29. The number of anilines is 1. The van der Waals surface area contributed by atoms with E-state index in [1.54, 1.807) is 48.5 Å². The van der Waals surface area contributed by atoms with Crippen molar-refractivity contribution >= 4 is 29.4 Å². The van der Waals surface area contributed by atoms with Crippen LogP contribution < -0.4 is 10.6 Å². The van der Waals surface area contributed by atoms with E-state index in [9.17, 15) is 24.5 Å². The summed E-state index contributed by atoms with van der Waals surface area (Å²) in [5.41, 5.74) is 1.86. The quantitative estimate of drug-likeness (QED) is 0.311. The van der Waals surface area contributed by atoms with Crippen LogP contribution >= 0.6 is 0 Å². The van der Waals surface area contributed by atoms with Crippen LogP contribution in [0.4, 0.5) is 11.6 Å². The molecule has 1 unspecified atom stereocenters. The monoisotopic (exact) mass is 462 g/mol. The van der Waals surface area contributed by atoms with Crippen molar-refractivity contribution in [1.29, 1.82) is 0 Å². The summed E-state index contributed by atoms with van der Waals surface area (Å²) in [5, 5.41) is 19.7. The van der Waals surface area contributed by atoms with Crippen LogP contribution in [0.5, 0.6) is 0 Å². The number of piperidine rings is 1. The Labute approximate surface area is 194 Å². The lowest BCUT2D eigenvalue weighted by atomic mass is 9.72. The number of aromatic nitrogens is 3. The number of amides is 3. The summed E-state index contributed by atoms with van der Waals surface area (Å²) in [4.78, 5) is 50.4. The second-order valence-electron chi connectivity index (χ2n) is 8.04. The van der Waals surface area contributed by atoms with Gasteiger partial charge in [-0.25, -0.2) is 0 Å². The standard InChI is InChI=1S/C23H22N6O5/c1-2-23(12-11-19(30)26-21(23)32)17-7-9-18(10-8-17)25-20(31)16-5-3-15(4-6-16)13-28-14-24-22(27-28)29(33)34/h3-10,14H,2,11-13H2,1H3,(H,25,31)(H,26,30,32). The predicted molar refractivity (Wildman–Crippen MR) is 121 cm³/mol. The van der Waals surface area contributed by atoms with Gasteiger partial charge in [-0.05, 0) is 53.2 Å². The van der Waals surface area contributed by atoms with Crippen LogP contribution in [0.1, 0.15) is 47.7 Å². The number of rotatable bonds is 7. The molecule has 3 aromatic rings. The summed E-state index contributed by atoms with van der Waals surface area (Å²) < 4.78 is 1.35. The van der Waals surface area contributed by atoms with Gasteiger partial charge >= 0.3 is 5.95 Å². The second kappa shape index (κ2) is 9.22. The molecule has 0 radical (unpaired) electrons. The third-order valence-corrected chi connectivity index (χ3v) is 6.01. The molecule has 1 aliphatic heterocycles. The molecular weight excluding hydrogens is 440 g/mol. The van der Waals surface area contributed by atoms with E-state index in [1.807, 2.05) is 6.92 Å². The Morgan fingerprint density at radius 2 is 1.88 bits per heavy atom. The summed E-state index contributed by atoms with van der Waals surface area (Å²) in [6.07, 6.45) is 2.59. The minimum absolute atomic E-state index is 0.258. The molecule has 174 valence electrons. The fourth-order valence-corrected chi connectivity index (χ4v) is 4.04. The third kappa shape index (κ3) is 4.53. The zero-order valence-corrected chi connectivity index (χ0v) is 18.4. The van der Waals surface area contributed by atoms with Crippen LogP contribution in [-0.2, 0) is 21.5 Å². The van der Waals surface area contributed by atoms with Gasteiger partial charge in [0.2, 0.25) is 18.1 Å². The molecule has 1 saturated heterocycles. The molecule has 34 heavy (non-hydrogen) atoms. The van der Waals surface area contributed by atoms with Crippen LogP contribution in [0.15, 0.2) is 54.9 Å². The molecule has 11 nitrogen and oxygen atoms in total. The number of nitro groups is 1. The first kappa shape index (κ1) is 22.8. The fraction of sp³-hybridized carbons (Fsp3) is 0.261. The normalized spacial score (nSPS) is 17.8. The summed E-state index contributed by atoms with van der Waals surface area (Å²) in [6.45, 7) is 2.20. The molecule has 2 aromatic carbocycles. The Hall–Kier alpha value is -4.41. The van der Waals surface area contributed by atoms with E-state index in [2.05, 4.69) is 20.7 Å². The molecule has 0 aliphatic carbocycles. The molecule has 1 fully saturated rings. The van der Waals surface area contributed by atoms with Gasteiger partial charge < -0.3 is 15.4 Å². The highest BCUT2D eigenvalue weighted by atomic mass is 16.6. The Morgan fingerprint density at radius 1 is 1.18 bits per heavy atom. The molecule has 0 spiro atoms. The van der Waals surface area contributed by atoms with Gasteiger partial charge in [0.25, 0.3) is 5.91 Å². The van der Waals surface area contributed by atoms with E-state index >= 15 is 0 Å². The molecule has 4 rings (SSSR count). The van der Waals surface area contributed by atoms with Crippen LogP contribution in [0.2, 0.25) is 0 Å². The zero-order valence-electron chi connectivity index (χ0n) is 18.4. The number of hydrogen-bond donors (Lipinski definition) is 2. The summed E-state index contributed by atoms with van der Waals surface area (Å²) in [5.74, 6) is -1.32. The van der Waals surface area contributed by atoms with E-state index in [0.717, 1.165) is 11.1 Å². The highest BCUT2D eigenvalue weighted by Crippen LogP contribution is 2.36. The number of hydrogen-bond acceptors (Lipinski definition) is 7. The topological polar surface area (TPSA) is 149 Å². The second-order valence-corrected chi connectivity index (χ2v) is 8.04. The van der Waals surface area contributed by atoms with Gasteiger partial charge in [0.15, 0.2) is 0 Å². The number of nitrogens with zero attached hydrogens (tertiary/aromatic N) is 4. The van der Waals surface area contributed by atoms with Crippen molar-refractivity contribution in [1.82, 2.24) is 20.1 Å². The third-order valence-electron chi connectivity index (χ3n) is 6.01. The van der Waals surface area contributed by atoms with E-state index in [4.69, 9.17) is 0 Å². The van der Waals surface area contributed by atoms with Crippen molar-refractivity contribution in [3.63, 3.8) is 0 Å². The molecule has 0 saturated carbocycles. The smallest absolute Gasteiger partial charge is 0.390 e. The lowest BCUT2D eigenvalue weighted by molar-refractivity contribution is -0.394. The first-order valence-electron chi connectivity index (χ1n) is 10.7. The van der Waals surface area contributed by atoms with Gasteiger partial charge in [-0.3, -0.25) is 19.7 Å². The predicted octanol–water partition coefficient (Wildman–Crippen LogP) is 2.57. The van der Waals surface area contributed by atoms with Crippen molar-refractivity contribution in [2.75, 3.05) is 5.32 Å². The maximum absolute atomic E-state index is 12.6. The van der Waals surface area contributed by atoms with E-state index in [0.29, 0.717) is 30.5 Å². The zero-order chi connectivity index (χ0) is 24.3. The lowest BCUT2D eigenvalue weighted by Crippen LogP contribution is -2.51. The molecule has 0 bridgehead atoms. The van der Waals surface area contributed by atoms with Crippen molar-refractivity contribution in [3.05, 3.63) is 81.7 Å². The largest absolute Gasteiger partial charge is 0.490 e. The van der Waals surface area contributed by atoms with Crippen LogP contribution in [0.25, 0.3) is 0 Å². The highest BCUT2D eigenvalue weighted by Gasteiger charge is 2.42. The van der Waals surface area contributed by atoms with Gasteiger partial charge in [-0.2, -0.15) is 4.68 Å². The van der Waals surface area contributed by atoms with Gasteiger partial charge in [-0.1, -0.05) is 36.2 Å². The number of carbonyl (C=O) groups is 3.